The molecular formula is C6H12N2OS. The molecule has 3 N–H and O–H groups in total. The third kappa shape index (κ3) is 3.63. The Bertz CT molecular complexity index is 160. The van der Waals surface area contributed by atoms with Crippen LogP contribution in [0.5, 0.6) is 0 Å². The molecule has 0 atom stereocenters. The molecule has 0 amide bonds. The zero-order chi connectivity index (χ0) is 8.36. The van der Waals surface area contributed by atoms with E-state index in [1.807, 2.05) is 0 Å². The molecule has 10 heavy (non-hydrogen) atoms. The lowest BCUT2D eigenvalue weighted by molar-refractivity contribution is 0.156. The Balaban J connectivity index is 3.99. The summed E-state index contributed by atoms with van der Waals surface area (Å²) < 4.78 is 0. The van der Waals surface area contributed by atoms with E-state index in [1.54, 1.807) is 6.92 Å². The lowest BCUT2D eigenvalue weighted by atomic mass is 10.2. The fraction of sp³-hybridized carbons (Fsp3) is 0.667. The predicted octanol–water partition coefficient (Wildman–Crippen LogP) is 1.46. The van der Waals surface area contributed by atoms with Crippen LogP contribution in [-0.4, -0.2) is 20.8 Å². The molecule has 0 radical (unpaired) electrons. The molecular weight excluding hydrogens is 148 g/mol. The average molecular weight is 160 g/mol. The highest BCUT2D eigenvalue weighted by atomic mass is 32.2. The summed E-state index contributed by atoms with van der Waals surface area (Å²) in [5.74, 6) is 0. The molecule has 0 aromatic carbocycles. The van der Waals surface area contributed by atoms with E-state index in [4.69, 9.17) is 10.8 Å². The molecule has 0 aliphatic heterocycles. The van der Waals surface area contributed by atoms with Crippen LogP contribution in [0, 0.1) is 10.8 Å². The Morgan fingerprint density at radius 2 is 1.80 bits per heavy atom. The number of aliphatic hydroxyl groups is 1. The van der Waals surface area contributed by atoms with Gasteiger partial charge < -0.3 is 5.11 Å². The molecule has 58 valence electrons. The van der Waals surface area contributed by atoms with Crippen LogP contribution in [0.25, 0.3) is 0 Å². The molecule has 3 nitrogen and oxygen atoms in total. The fourth-order valence-corrected chi connectivity index (χ4v) is 0.834. The van der Waals surface area contributed by atoms with E-state index in [2.05, 4.69) is 0 Å². The molecule has 0 aliphatic rings. The topological polar surface area (TPSA) is 67.9 Å². The van der Waals surface area contributed by atoms with Crippen LogP contribution < -0.4 is 0 Å². The quantitative estimate of drug-likeness (QED) is 0.401. The van der Waals surface area contributed by atoms with Crippen molar-refractivity contribution in [2.45, 2.75) is 26.4 Å². The van der Waals surface area contributed by atoms with Crippen LogP contribution in [0.1, 0.15) is 20.8 Å². The first-order valence-corrected chi connectivity index (χ1v) is 3.70. The molecule has 0 rings (SSSR count). The maximum absolute atomic E-state index is 9.19. The van der Waals surface area contributed by atoms with Crippen LogP contribution in [0.4, 0.5) is 0 Å². The highest BCUT2D eigenvalue weighted by Gasteiger charge is 2.20. The number of hydrogen-bond acceptors (Lipinski definition) is 4. The van der Waals surface area contributed by atoms with Gasteiger partial charge in [-0.3, -0.25) is 10.8 Å². The van der Waals surface area contributed by atoms with Gasteiger partial charge >= 0.3 is 0 Å². The molecule has 0 fully saturated rings. The summed E-state index contributed by atoms with van der Waals surface area (Å²) >= 11 is 0.978. The molecule has 0 saturated heterocycles. The first-order valence-electron chi connectivity index (χ1n) is 2.88. The number of rotatable bonds is 1. The van der Waals surface area contributed by atoms with Crippen molar-refractivity contribution in [3.05, 3.63) is 0 Å². The lowest BCUT2D eigenvalue weighted by Crippen LogP contribution is -2.28. The normalized spacial score (nSPS) is 11.2. The summed E-state index contributed by atoms with van der Waals surface area (Å²) in [4.78, 5) is 0. The van der Waals surface area contributed by atoms with Crippen LogP contribution in [0.2, 0.25) is 0 Å². The van der Waals surface area contributed by atoms with Crippen molar-refractivity contribution in [2.75, 3.05) is 0 Å². The van der Waals surface area contributed by atoms with E-state index in [9.17, 15) is 5.11 Å². The molecule has 0 unspecified atom stereocenters. The van der Waals surface area contributed by atoms with Gasteiger partial charge in [0, 0.05) is 0 Å². The van der Waals surface area contributed by atoms with Gasteiger partial charge in [-0.2, -0.15) is 0 Å². The smallest absolute Gasteiger partial charge is 0.107 e. The minimum absolute atomic E-state index is 0.111. The second-order valence-electron chi connectivity index (χ2n) is 2.55. The number of hydrogen-bond donors (Lipinski definition) is 3. The number of nitrogens with one attached hydrogen (secondary N) is 2. The Kier molecular flexibility index (Phi) is 3.05. The van der Waals surface area contributed by atoms with Crippen molar-refractivity contribution in [1.82, 2.24) is 0 Å². The summed E-state index contributed by atoms with van der Waals surface area (Å²) in [5.41, 5.74) is -1.10. The van der Waals surface area contributed by atoms with Gasteiger partial charge in [0.25, 0.3) is 0 Å². The molecule has 0 saturated carbocycles. The summed E-state index contributed by atoms with van der Waals surface area (Å²) in [6, 6.07) is 0. The summed E-state index contributed by atoms with van der Waals surface area (Å²) in [6.45, 7) is 4.65. The van der Waals surface area contributed by atoms with Crippen LogP contribution in [-0.2, 0) is 0 Å². The Labute approximate surface area is 64.9 Å². The second-order valence-corrected chi connectivity index (χ2v) is 3.77. The first-order chi connectivity index (χ1) is 4.34. The average Bonchev–Trinajstić information content (AvgIpc) is 1.60. The largest absolute Gasteiger partial charge is 0.384 e. The standard InChI is InChI=1S/C6H12N2OS/c1-4(7)10-5(8)6(2,3)9/h7-9H,1-3H3. The van der Waals surface area contributed by atoms with E-state index < -0.39 is 5.60 Å². The van der Waals surface area contributed by atoms with Crippen molar-refractivity contribution < 1.29 is 5.11 Å². The highest BCUT2D eigenvalue weighted by molar-refractivity contribution is 8.26. The summed E-state index contributed by atoms with van der Waals surface area (Å²) in [5, 5.41) is 23.9. The van der Waals surface area contributed by atoms with Gasteiger partial charge in [0.05, 0.1) is 5.04 Å². The maximum Gasteiger partial charge on any atom is 0.107 e. The highest BCUT2D eigenvalue weighted by Crippen LogP contribution is 2.15. The van der Waals surface area contributed by atoms with Gasteiger partial charge in [-0.15, -0.1) is 0 Å². The zero-order valence-electron chi connectivity index (χ0n) is 6.36. The van der Waals surface area contributed by atoms with E-state index in [1.165, 1.54) is 13.8 Å². The molecule has 0 aromatic heterocycles. The van der Waals surface area contributed by atoms with Crippen molar-refractivity contribution in [1.29, 1.82) is 10.8 Å². The minimum atomic E-state index is -1.10. The molecule has 0 spiro atoms. The summed E-state index contributed by atoms with van der Waals surface area (Å²) in [7, 11) is 0. The first kappa shape index (κ1) is 9.65. The third-order valence-electron chi connectivity index (χ3n) is 0.811. The van der Waals surface area contributed by atoms with Crippen molar-refractivity contribution in [3.8, 4) is 0 Å². The van der Waals surface area contributed by atoms with E-state index in [0.29, 0.717) is 5.04 Å². The van der Waals surface area contributed by atoms with Gasteiger partial charge in [-0.25, -0.2) is 0 Å². The zero-order valence-corrected chi connectivity index (χ0v) is 7.17. The van der Waals surface area contributed by atoms with E-state index in [0.717, 1.165) is 11.8 Å². The van der Waals surface area contributed by atoms with Crippen molar-refractivity contribution in [3.63, 3.8) is 0 Å². The van der Waals surface area contributed by atoms with E-state index >= 15 is 0 Å². The summed E-state index contributed by atoms with van der Waals surface area (Å²) in [6.07, 6.45) is 0. The minimum Gasteiger partial charge on any atom is -0.384 e. The van der Waals surface area contributed by atoms with E-state index in [-0.39, 0.29) is 5.04 Å². The van der Waals surface area contributed by atoms with Crippen LogP contribution in [0.15, 0.2) is 0 Å². The van der Waals surface area contributed by atoms with Gasteiger partial charge in [-0.1, -0.05) is 11.8 Å². The van der Waals surface area contributed by atoms with Crippen molar-refractivity contribution in [2.24, 2.45) is 0 Å². The second kappa shape index (κ2) is 3.16. The Hall–Kier alpha value is -0.350. The van der Waals surface area contributed by atoms with Crippen molar-refractivity contribution >= 4 is 21.8 Å². The maximum atomic E-state index is 9.19. The van der Waals surface area contributed by atoms with Gasteiger partial charge in [0.2, 0.25) is 0 Å². The third-order valence-corrected chi connectivity index (χ3v) is 1.82. The number of thioether (sulfide) groups is 1. The van der Waals surface area contributed by atoms with Gasteiger partial charge in [0.15, 0.2) is 0 Å². The van der Waals surface area contributed by atoms with Gasteiger partial charge in [0.1, 0.15) is 10.6 Å². The Morgan fingerprint density at radius 1 is 1.40 bits per heavy atom. The monoisotopic (exact) mass is 160 g/mol. The Morgan fingerprint density at radius 3 is 1.90 bits per heavy atom. The molecule has 4 heteroatoms. The molecule has 0 aromatic rings. The molecule has 0 heterocycles. The van der Waals surface area contributed by atoms with Crippen LogP contribution in [0.3, 0.4) is 0 Å². The molecule has 0 bridgehead atoms. The predicted molar refractivity (Wildman–Crippen MR) is 45.0 cm³/mol. The molecule has 0 aliphatic carbocycles. The SMILES string of the molecule is CC(=N)SC(=N)C(C)(C)O. The lowest BCUT2D eigenvalue weighted by Gasteiger charge is -2.16. The van der Waals surface area contributed by atoms with Gasteiger partial charge in [-0.05, 0) is 20.8 Å². The fourth-order valence-electron chi connectivity index (χ4n) is 0.278. The van der Waals surface area contributed by atoms with Crippen LogP contribution >= 0.6 is 11.8 Å².